The van der Waals surface area contributed by atoms with Crippen molar-refractivity contribution in [2.45, 2.75) is 32.9 Å². The molecule has 2 aromatic rings. The van der Waals surface area contributed by atoms with Crippen LogP contribution >= 0.6 is 0 Å². The Kier molecular flexibility index (Phi) is 6.41. The summed E-state index contributed by atoms with van der Waals surface area (Å²) in [7, 11) is 3.15. The van der Waals surface area contributed by atoms with Gasteiger partial charge in [0, 0.05) is 31.2 Å². The number of imidazole rings is 1. The van der Waals surface area contributed by atoms with Gasteiger partial charge in [0.2, 0.25) is 5.91 Å². The molecule has 0 aliphatic carbocycles. The maximum absolute atomic E-state index is 12.1. The number of carbonyl (C=O) groups excluding carboxylic acids is 1. The molecule has 0 fully saturated rings. The summed E-state index contributed by atoms with van der Waals surface area (Å²) >= 11 is 0. The Morgan fingerprint density at radius 3 is 2.60 bits per heavy atom. The Labute approximate surface area is 148 Å². The van der Waals surface area contributed by atoms with Gasteiger partial charge in [-0.3, -0.25) is 4.79 Å². The lowest BCUT2D eigenvalue weighted by Gasteiger charge is -2.15. The number of nitrogens with one attached hydrogen (secondary N) is 1. The number of methoxy groups -OCH3 is 2. The molecule has 0 spiro atoms. The predicted molar refractivity (Wildman–Crippen MR) is 95.8 cm³/mol. The molecule has 7 nitrogen and oxygen atoms in total. The zero-order chi connectivity index (χ0) is 18.4. The van der Waals surface area contributed by atoms with E-state index in [4.69, 9.17) is 15.2 Å². The van der Waals surface area contributed by atoms with Gasteiger partial charge in [-0.15, -0.1) is 0 Å². The second-order valence-corrected chi connectivity index (χ2v) is 5.88. The minimum atomic E-state index is -0.406. The lowest BCUT2D eigenvalue weighted by molar-refractivity contribution is -0.121. The van der Waals surface area contributed by atoms with Gasteiger partial charge in [-0.25, -0.2) is 4.98 Å². The average Bonchev–Trinajstić information content (AvgIpc) is 2.93. The molecule has 0 unspecified atom stereocenters. The molecule has 1 atom stereocenters. The van der Waals surface area contributed by atoms with Crippen molar-refractivity contribution in [3.05, 3.63) is 41.5 Å². The second kappa shape index (κ2) is 8.53. The summed E-state index contributed by atoms with van der Waals surface area (Å²) in [5.74, 6) is 1.15. The van der Waals surface area contributed by atoms with E-state index in [1.165, 1.54) is 0 Å². The minimum Gasteiger partial charge on any atom is -0.493 e. The van der Waals surface area contributed by atoms with Crippen LogP contribution in [0.1, 0.15) is 29.4 Å². The van der Waals surface area contributed by atoms with Crippen molar-refractivity contribution in [2.75, 3.05) is 20.8 Å². The number of rotatable bonds is 8. The Hall–Kier alpha value is -2.54. The molecule has 136 valence electrons. The van der Waals surface area contributed by atoms with Crippen LogP contribution in [0.3, 0.4) is 0 Å². The molecular weight excluding hydrogens is 320 g/mol. The van der Waals surface area contributed by atoms with Crippen LogP contribution in [-0.2, 0) is 11.3 Å². The van der Waals surface area contributed by atoms with E-state index in [0.29, 0.717) is 24.6 Å². The van der Waals surface area contributed by atoms with E-state index in [9.17, 15) is 4.79 Å². The van der Waals surface area contributed by atoms with Crippen LogP contribution in [0.4, 0.5) is 0 Å². The summed E-state index contributed by atoms with van der Waals surface area (Å²) in [6, 6.07) is 5.03. The van der Waals surface area contributed by atoms with E-state index in [0.717, 1.165) is 17.0 Å². The SMILES string of the molecule is COc1ccc([C@H](N)CC(=O)NCCn2cnc(C)c2C)cc1OC. The van der Waals surface area contributed by atoms with Crippen molar-refractivity contribution in [3.8, 4) is 11.5 Å². The quantitative estimate of drug-likeness (QED) is 0.759. The molecule has 0 bridgehead atoms. The highest BCUT2D eigenvalue weighted by Gasteiger charge is 2.14. The molecule has 3 N–H and O–H groups in total. The first-order valence-electron chi connectivity index (χ1n) is 8.18. The minimum absolute atomic E-state index is 0.0863. The van der Waals surface area contributed by atoms with Crippen LogP contribution in [-0.4, -0.2) is 36.2 Å². The monoisotopic (exact) mass is 346 g/mol. The van der Waals surface area contributed by atoms with E-state index in [1.54, 1.807) is 32.7 Å². The van der Waals surface area contributed by atoms with Gasteiger partial charge in [-0.1, -0.05) is 6.07 Å². The fourth-order valence-electron chi connectivity index (χ4n) is 2.56. The Balaban J connectivity index is 1.86. The molecule has 1 aromatic carbocycles. The molecule has 25 heavy (non-hydrogen) atoms. The number of ether oxygens (including phenoxy) is 2. The molecular formula is C18H26N4O3. The van der Waals surface area contributed by atoms with Crippen LogP contribution in [0.25, 0.3) is 0 Å². The van der Waals surface area contributed by atoms with Gasteiger partial charge in [0.25, 0.3) is 0 Å². The summed E-state index contributed by atoms with van der Waals surface area (Å²) in [6.07, 6.45) is 1.99. The third-order valence-corrected chi connectivity index (χ3v) is 4.26. The van der Waals surface area contributed by atoms with Gasteiger partial charge in [0.15, 0.2) is 11.5 Å². The van der Waals surface area contributed by atoms with E-state index in [1.807, 2.05) is 24.5 Å². The first kappa shape index (κ1) is 18.8. The normalized spacial score (nSPS) is 11.9. The van der Waals surface area contributed by atoms with E-state index in [-0.39, 0.29) is 12.3 Å². The highest BCUT2D eigenvalue weighted by Crippen LogP contribution is 2.30. The highest BCUT2D eigenvalue weighted by atomic mass is 16.5. The van der Waals surface area contributed by atoms with Crippen LogP contribution < -0.4 is 20.5 Å². The first-order chi connectivity index (χ1) is 12.0. The van der Waals surface area contributed by atoms with Crippen molar-refractivity contribution in [1.82, 2.24) is 14.9 Å². The molecule has 1 heterocycles. The van der Waals surface area contributed by atoms with Crippen LogP contribution in [0.15, 0.2) is 24.5 Å². The van der Waals surface area contributed by atoms with Gasteiger partial charge >= 0.3 is 0 Å². The fraction of sp³-hybridized carbons (Fsp3) is 0.444. The molecule has 0 aliphatic rings. The van der Waals surface area contributed by atoms with Gasteiger partial charge in [0.05, 0.1) is 26.2 Å². The summed E-state index contributed by atoms with van der Waals surface area (Å²) in [4.78, 5) is 16.4. The second-order valence-electron chi connectivity index (χ2n) is 5.88. The van der Waals surface area contributed by atoms with Crippen molar-refractivity contribution < 1.29 is 14.3 Å². The summed E-state index contributed by atoms with van der Waals surface area (Å²) in [5.41, 5.74) is 9.09. The number of hydrogen-bond acceptors (Lipinski definition) is 5. The number of aryl methyl sites for hydroxylation is 1. The van der Waals surface area contributed by atoms with Gasteiger partial charge in [-0.05, 0) is 31.5 Å². The number of hydrogen-bond donors (Lipinski definition) is 2. The molecule has 7 heteroatoms. The lowest BCUT2D eigenvalue weighted by atomic mass is 10.0. The Bertz CT molecular complexity index is 727. The fourth-order valence-corrected chi connectivity index (χ4v) is 2.56. The van der Waals surface area contributed by atoms with E-state index in [2.05, 4.69) is 10.3 Å². The third-order valence-electron chi connectivity index (χ3n) is 4.26. The summed E-state index contributed by atoms with van der Waals surface area (Å²) in [5, 5.41) is 2.90. The number of nitrogens with zero attached hydrogens (tertiary/aromatic N) is 2. The lowest BCUT2D eigenvalue weighted by Crippen LogP contribution is -2.30. The largest absolute Gasteiger partial charge is 0.493 e. The molecule has 1 amide bonds. The third kappa shape index (κ3) is 4.73. The van der Waals surface area contributed by atoms with E-state index >= 15 is 0 Å². The van der Waals surface area contributed by atoms with Crippen molar-refractivity contribution in [3.63, 3.8) is 0 Å². The van der Waals surface area contributed by atoms with Crippen molar-refractivity contribution in [2.24, 2.45) is 5.73 Å². The Morgan fingerprint density at radius 2 is 2.00 bits per heavy atom. The van der Waals surface area contributed by atoms with Gasteiger partial charge in [-0.2, -0.15) is 0 Å². The highest BCUT2D eigenvalue weighted by molar-refractivity contribution is 5.76. The maximum Gasteiger partial charge on any atom is 0.221 e. The molecule has 0 radical (unpaired) electrons. The average molecular weight is 346 g/mol. The van der Waals surface area contributed by atoms with Gasteiger partial charge < -0.3 is 25.1 Å². The van der Waals surface area contributed by atoms with Crippen LogP contribution in [0, 0.1) is 13.8 Å². The summed E-state index contributed by atoms with van der Waals surface area (Å²) in [6.45, 7) is 5.20. The Morgan fingerprint density at radius 1 is 1.28 bits per heavy atom. The number of amides is 1. The van der Waals surface area contributed by atoms with E-state index < -0.39 is 6.04 Å². The molecule has 0 saturated heterocycles. The van der Waals surface area contributed by atoms with Crippen LogP contribution in [0.2, 0.25) is 0 Å². The van der Waals surface area contributed by atoms with Gasteiger partial charge in [0.1, 0.15) is 0 Å². The smallest absolute Gasteiger partial charge is 0.221 e. The molecule has 0 saturated carbocycles. The number of carbonyl (C=O) groups is 1. The number of aromatic nitrogens is 2. The maximum atomic E-state index is 12.1. The van der Waals surface area contributed by atoms with Crippen LogP contribution in [0.5, 0.6) is 11.5 Å². The number of benzene rings is 1. The first-order valence-corrected chi connectivity index (χ1v) is 8.18. The topological polar surface area (TPSA) is 91.4 Å². The molecule has 1 aromatic heterocycles. The van der Waals surface area contributed by atoms with Crippen molar-refractivity contribution >= 4 is 5.91 Å². The number of nitrogens with two attached hydrogens (primary N) is 1. The van der Waals surface area contributed by atoms with Crippen molar-refractivity contribution in [1.29, 1.82) is 0 Å². The zero-order valence-electron chi connectivity index (χ0n) is 15.2. The molecule has 0 aliphatic heterocycles. The molecule has 2 rings (SSSR count). The standard InChI is InChI=1S/C18H26N4O3/c1-12-13(2)22(11-21-12)8-7-20-18(23)10-15(19)14-5-6-16(24-3)17(9-14)25-4/h5-6,9,11,15H,7-8,10,19H2,1-4H3,(H,20,23)/t15-/m1/s1. The summed E-state index contributed by atoms with van der Waals surface area (Å²) < 4.78 is 12.5. The zero-order valence-corrected chi connectivity index (χ0v) is 15.2. The predicted octanol–water partition coefficient (Wildman–Crippen LogP) is 1.72.